The van der Waals surface area contributed by atoms with Gasteiger partial charge in [0, 0.05) is 0 Å². The van der Waals surface area contributed by atoms with Gasteiger partial charge < -0.3 is 10.3 Å². The summed E-state index contributed by atoms with van der Waals surface area (Å²) in [6.07, 6.45) is 1.38. The average Bonchev–Trinajstić information content (AvgIpc) is 2.21. The summed E-state index contributed by atoms with van der Waals surface area (Å²) in [6.45, 7) is 0. The van der Waals surface area contributed by atoms with Crippen LogP contribution in [0.4, 0.5) is 0 Å². The van der Waals surface area contributed by atoms with Gasteiger partial charge >= 0.3 is 0 Å². The molecule has 0 saturated heterocycles. The third kappa shape index (κ3) is 0.821. The summed E-state index contributed by atoms with van der Waals surface area (Å²) in [4.78, 5) is -0.722. The maximum absolute atomic E-state index is 10.1. The quantitative estimate of drug-likeness (QED) is 0.466. The molecular weight excluding hydrogens is 114 g/mol. The number of nitrogens with two attached hydrogens (primary N) is 1. The van der Waals surface area contributed by atoms with Crippen LogP contribution in [0, 0.1) is 0 Å². The van der Waals surface area contributed by atoms with Gasteiger partial charge in [0.1, 0.15) is 4.87 Å². The summed E-state index contributed by atoms with van der Waals surface area (Å²) < 4.78 is 18.4. The van der Waals surface area contributed by atoms with Crippen LogP contribution in [0.2, 0.25) is 0 Å². The van der Waals surface area contributed by atoms with E-state index in [1.807, 2.05) is 0 Å². The lowest BCUT2D eigenvalue weighted by atomic mass is 10.8. The Kier molecular flexibility index (Phi) is 0.948. The minimum Gasteiger partial charge on any atom is -0.313 e. The molecule has 0 bridgehead atoms. The van der Waals surface area contributed by atoms with Crippen LogP contribution >= 0.6 is 0 Å². The van der Waals surface area contributed by atoms with Gasteiger partial charge in [-0.2, -0.15) is 0 Å². The third-order valence-electron chi connectivity index (χ3n) is 1.09. The first-order valence-corrected chi connectivity index (χ1v) is 3.16. The Morgan fingerprint density at radius 1 is 1.71 bits per heavy atom. The zero-order valence-electron chi connectivity index (χ0n) is 3.76. The van der Waals surface area contributed by atoms with Crippen LogP contribution in [0.15, 0.2) is 0 Å². The average molecular weight is 121 g/mol. The van der Waals surface area contributed by atoms with E-state index in [1.165, 1.54) is 0 Å². The Morgan fingerprint density at radius 2 is 2.14 bits per heavy atom. The third-order valence-corrected chi connectivity index (χ3v) is 2.19. The second-order valence-electron chi connectivity index (χ2n) is 1.81. The van der Waals surface area contributed by atoms with Crippen LogP contribution < -0.4 is 5.73 Å². The largest absolute Gasteiger partial charge is 0.313 e. The van der Waals surface area contributed by atoms with Gasteiger partial charge in [-0.3, -0.25) is 0 Å². The zero-order chi connectivity index (χ0) is 5.49. The van der Waals surface area contributed by atoms with Crippen LogP contribution in [0.1, 0.15) is 12.8 Å². The molecule has 0 radical (unpaired) electrons. The number of hydrogen-bond donors (Lipinski definition) is 2. The summed E-state index contributed by atoms with van der Waals surface area (Å²) >= 11 is -1.79. The van der Waals surface area contributed by atoms with Gasteiger partial charge in [-0.15, -0.1) is 0 Å². The second-order valence-corrected chi connectivity index (χ2v) is 3.13. The van der Waals surface area contributed by atoms with Crippen molar-refractivity contribution in [2.75, 3.05) is 0 Å². The highest BCUT2D eigenvalue weighted by molar-refractivity contribution is 7.81. The molecule has 4 heteroatoms. The lowest BCUT2D eigenvalue weighted by molar-refractivity contribution is 0.546. The van der Waals surface area contributed by atoms with Crippen LogP contribution in [0.25, 0.3) is 0 Å². The fourth-order valence-corrected chi connectivity index (χ4v) is 0.749. The molecule has 1 atom stereocenters. The minimum atomic E-state index is -1.79. The van der Waals surface area contributed by atoms with Gasteiger partial charge in [-0.25, -0.2) is 4.21 Å². The molecule has 42 valence electrons. The van der Waals surface area contributed by atoms with Crippen molar-refractivity contribution in [3.8, 4) is 0 Å². The summed E-state index contributed by atoms with van der Waals surface area (Å²) in [5.74, 6) is 0. The molecule has 1 fully saturated rings. The van der Waals surface area contributed by atoms with Crippen LogP contribution in [0.3, 0.4) is 0 Å². The molecule has 0 aromatic carbocycles. The molecular formula is C3H7NO2S. The molecule has 1 rings (SSSR count). The molecule has 0 amide bonds. The lowest BCUT2D eigenvalue weighted by Crippen LogP contribution is -2.26. The second kappa shape index (κ2) is 1.27. The summed E-state index contributed by atoms with van der Waals surface area (Å²) in [5, 5.41) is 0. The van der Waals surface area contributed by atoms with Crippen molar-refractivity contribution in [2.45, 2.75) is 17.7 Å². The number of rotatable bonds is 1. The van der Waals surface area contributed by atoms with E-state index >= 15 is 0 Å². The van der Waals surface area contributed by atoms with Crippen LogP contribution in [-0.2, 0) is 11.1 Å². The van der Waals surface area contributed by atoms with E-state index in [4.69, 9.17) is 10.3 Å². The first kappa shape index (κ1) is 5.21. The van der Waals surface area contributed by atoms with Gasteiger partial charge in [0.2, 0.25) is 0 Å². The normalized spacial score (nSPS) is 29.4. The van der Waals surface area contributed by atoms with E-state index in [9.17, 15) is 4.21 Å². The molecule has 3 nitrogen and oxygen atoms in total. The molecule has 0 heterocycles. The Balaban J connectivity index is 2.55. The molecule has 0 aliphatic heterocycles. The Bertz CT molecular complexity index is 110. The predicted molar refractivity (Wildman–Crippen MR) is 26.9 cm³/mol. The molecule has 0 spiro atoms. The van der Waals surface area contributed by atoms with Crippen molar-refractivity contribution < 1.29 is 8.76 Å². The van der Waals surface area contributed by atoms with Crippen molar-refractivity contribution in [1.82, 2.24) is 0 Å². The van der Waals surface area contributed by atoms with E-state index in [-0.39, 0.29) is 0 Å². The van der Waals surface area contributed by atoms with Crippen molar-refractivity contribution in [1.29, 1.82) is 0 Å². The fraction of sp³-hybridized carbons (Fsp3) is 1.00. The van der Waals surface area contributed by atoms with Gasteiger partial charge in [0.15, 0.2) is 11.1 Å². The van der Waals surface area contributed by atoms with E-state index in [2.05, 4.69) is 0 Å². The van der Waals surface area contributed by atoms with Gasteiger partial charge in [0.25, 0.3) is 0 Å². The van der Waals surface area contributed by atoms with Crippen LogP contribution in [-0.4, -0.2) is 13.6 Å². The van der Waals surface area contributed by atoms with Crippen molar-refractivity contribution in [2.24, 2.45) is 5.73 Å². The first-order valence-electron chi connectivity index (χ1n) is 2.05. The maximum atomic E-state index is 10.1. The highest BCUT2D eigenvalue weighted by atomic mass is 32.2. The molecule has 0 aromatic heterocycles. The summed E-state index contributed by atoms with van der Waals surface area (Å²) in [7, 11) is 0. The summed E-state index contributed by atoms with van der Waals surface area (Å²) in [5.41, 5.74) is 5.24. The predicted octanol–water partition coefficient (Wildman–Crippen LogP) is -0.343. The lowest BCUT2D eigenvalue weighted by Gasteiger charge is -1.96. The van der Waals surface area contributed by atoms with Gasteiger partial charge in [-0.1, -0.05) is 0 Å². The monoisotopic (exact) mass is 121 g/mol. The SMILES string of the molecule is NC1(S(=O)O)CC1. The Morgan fingerprint density at radius 3 is 2.14 bits per heavy atom. The molecule has 0 aromatic rings. The molecule has 7 heavy (non-hydrogen) atoms. The first-order chi connectivity index (χ1) is 3.15. The molecule has 1 aliphatic carbocycles. The topological polar surface area (TPSA) is 63.3 Å². The van der Waals surface area contributed by atoms with Crippen molar-refractivity contribution >= 4 is 11.1 Å². The fourth-order valence-electron chi connectivity index (χ4n) is 0.298. The van der Waals surface area contributed by atoms with Crippen molar-refractivity contribution in [3.63, 3.8) is 0 Å². The van der Waals surface area contributed by atoms with E-state index in [0.29, 0.717) is 12.8 Å². The Hall–Kier alpha value is 0.0700. The van der Waals surface area contributed by atoms with Gasteiger partial charge in [0.05, 0.1) is 0 Å². The van der Waals surface area contributed by atoms with E-state index in [0.717, 1.165) is 0 Å². The molecule has 1 aliphatic rings. The van der Waals surface area contributed by atoms with Gasteiger partial charge in [-0.05, 0) is 12.8 Å². The number of hydrogen-bond acceptors (Lipinski definition) is 2. The zero-order valence-corrected chi connectivity index (χ0v) is 4.57. The van der Waals surface area contributed by atoms with E-state index < -0.39 is 16.0 Å². The van der Waals surface area contributed by atoms with E-state index in [1.54, 1.807) is 0 Å². The van der Waals surface area contributed by atoms with Crippen LogP contribution in [0.5, 0.6) is 0 Å². The van der Waals surface area contributed by atoms with Crippen molar-refractivity contribution in [3.05, 3.63) is 0 Å². The Labute approximate surface area is 44.2 Å². The molecule has 1 saturated carbocycles. The highest BCUT2D eigenvalue weighted by Gasteiger charge is 2.44. The minimum absolute atomic E-state index is 0.691. The maximum Gasteiger partial charge on any atom is 0.173 e. The standard InChI is InChI=1S/C3H7NO2S/c4-3(1-2-3)7(5)6/h1-2,4H2,(H,5,6). The molecule has 1 unspecified atom stereocenters. The smallest absolute Gasteiger partial charge is 0.173 e. The summed E-state index contributed by atoms with van der Waals surface area (Å²) in [6, 6.07) is 0. The highest BCUT2D eigenvalue weighted by Crippen LogP contribution is 2.34. The molecule has 3 N–H and O–H groups in total.